The van der Waals surface area contributed by atoms with Crippen LogP contribution >= 0.6 is 0 Å². The standard InChI is InChI=1S/C25H37N3O2/c29-24(26-19-25-15-20-12-21(16-25)14-22(13-20)17-25)18-28-8-6-27(7-9-28)10-11-30-23-4-2-1-3-5-23/h1-5,20-22H,6-19H2,(H,26,29)/p+2. The molecule has 30 heavy (non-hydrogen) atoms. The second-order valence-electron chi connectivity index (χ2n) is 10.8. The van der Waals surface area contributed by atoms with Crippen LogP contribution in [0, 0.1) is 23.2 Å². The molecule has 4 saturated carbocycles. The summed E-state index contributed by atoms with van der Waals surface area (Å²) >= 11 is 0. The molecule has 1 aliphatic heterocycles. The van der Waals surface area contributed by atoms with Gasteiger partial charge in [0.15, 0.2) is 6.54 Å². The molecule has 1 amide bonds. The quantitative estimate of drug-likeness (QED) is 0.570. The Morgan fingerprint density at radius 3 is 2.17 bits per heavy atom. The number of carbonyl (C=O) groups excluding carboxylic acids is 1. The summed E-state index contributed by atoms with van der Waals surface area (Å²) in [7, 11) is 0. The zero-order valence-electron chi connectivity index (χ0n) is 18.3. The molecule has 4 bridgehead atoms. The van der Waals surface area contributed by atoms with Gasteiger partial charge in [0.2, 0.25) is 0 Å². The van der Waals surface area contributed by atoms with Crippen molar-refractivity contribution in [1.82, 2.24) is 5.32 Å². The van der Waals surface area contributed by atoms with Crippen molar-refractivity contribution < 1.29 is 19.3 Å². The predicted molar refractivity (Wildman–Crippen MR) is 117 cm³/mol. The van der Waals surface area contributed by atoms with E-state index in [2.05, 4.69) is 5.32 Å². The molecule has 0 spiro atoms. The fourth-order valence-corrected chi connectivity index (χ4v) is 7.30. The van der Waals surface area contributed by atoms with Crippen LogP contribution in [0.4, 0.5) is 0 Å². The Bertz CT molecular complexity index is 679. The largest absolute Gasteiger partial charge is 0.488 e. The van der Waals surface area contributed by atoms with E-state index in [0.717, 1.165) is 69.4 Å². The first-order valence-electron chi connectivity index (χ1n) is 12.3. The van der Waals surface area contributed by atoms with Crippen LogP contribution in [0.25, 0.3) is 0 Å². The van der Waals surface area contributed by atoms with Crippen LogP contribution in [-0.2, 0) is 4.79 Å². The topological polar surface area (TPSA) is 47.2 Å². The van der Waals surface area contributed by atoms with E-state index < -0.39 is 0 Å². The first-order chi connectivity index (χ1) is 14.7. The van der Waals surface area contributed by atoms with Gasteiger partial charge in [-0.3, -0.25) is 4.79 Å². The van der Waals surface area contributed by atoms with Crippen molar-refractivity contribution in [1.29, 1.82) is 0 Å². The molecule has 5 fully saturated rings. The van der Waals surface area contributed by atoms with E-state index in [-0.39, 0.29) is 5.91 Å². The van der Waals surface area contributed by atoms with Crippen molar-refractivity contribution in [2.24, 2.45) is 23.2 Å². The molecule has 164 valence electrons. The Labute approximate surface area is 181 Å². The van der Waals surface area contributed by atoms with E-state index in [1.165, 1.54) is 43.4 Å². The Morgan fingerprint density at radius 2 is 1.53 bits per heavy atom. The van der Waals surface area contributed by atoms with Gasteiger partial charge in [0, 0.05) is 6.54 Å². The van der Waals surface area contributed by atoms with Gasteiger partial charge in [0.1, 0.15) is 45.1 Å². The Hall–Kier alpha value is -1.59. The molecule has 5 aliphatic rings. The molecule has 1 heterocycles. The monoisotopic (exact) mass is 413 g/mol. The fraction of sp³-hybridized carbons (Fsp3) is 0.720. The van der Waals surface area contributed by atoms with Gasteiger partial charge >= 0.3 is 0 Å². The second kappa shape index (κ2) is 8.88. The Kier molecular flexibility index (Phi) is 6.01. The van der Waals surface area contributed by atoms with Gasteiger partial charge in [-0.2, -0.15) is 0 Å². The van der Waals surface area contributed by atoms with Gasteiger partial charge in [-0.05, 0) is 73.8 Å². The van der Waals surface area contributed by atoms with Crippen LogP contribution in [0.5, 0.6) is 5.75 Å². The second-order valence-corrected chi connectivity index (χ2v) is 10.8. The lowest BCUT2D eigenvalue weighted by Crippen LogP contribution is -3.28. The predicted octanol–water partition coefficient (Wildman–Crippen LogP) is 0.181. The molecule has 1 aromatic rings. The van der Waals surface area contributed by atoms with Crippen molar-refractivity contribution in [2.75, 3.05) is 52.4 Å². The van der Waals surface area contributed by atoms with Gasteiger partial charge in [-0.1, -0.05) is 18.2 Å². The summed E-state index contributed by atoms with van der Waals surface area (Å²) in [5, 5.41) is 3.36. The summed E-state index contributed by atoms with van der Waals surface area (Å²) in [4.78, 5) is 15.7. The summed E-state index contributed by atoms with van der Waals surface area (Å²) in [5.41, 5.74) is 0.446. The summed E-state index contributed by atoms with van der Waals surface area (Å²) in [5.74, 6) is 4.11. The number of ether oxygens (including phenoxy) is 1. The van der Waals surface area contributed by atoms with Crippen LogP contribution in [0.2, 0.25) is 0 Å². The highest BCUT2D eigenvalue weighted by atomic mass is 16.5. The summed E-state index contributed by atoms with van der Waals surface area (Å²) in [6, 6.07) is 10.1. The number of hydrogen-bond acceptors (Lipinski definition) is 2. The van der Waals surface area contributed by atoms with Gasteiger partial charge in [0.05, 0.1) is 0 Å². The van der Waals surface area contributed by atoms with Crippen molar-refractivity contribution in [3.8, 4) is 5.75 Å². The van der Waals surface area contributed by atoms with Crippen LogP contribution in [0.1, 0.15) is 38.5 Å². The minimum Gasteiger partial charge on any atom is -0.488 e. The molecular weight excluding hydrogens is 374 g/mol. The van der Waals surface area contributed by atoms with Crippen molar-refractivity contribution in [3.05, 3.63) is 30.3 Å². The maximum absolute atomic E-state index is 12.7. The van der Waals surface area contributed by atoms with Crippen molar-refractivity contribution in [3.63, 3.8) is 0 Å². The van der Waals surface area contributed by atoms with Crippen LogP contribution < -0.4 is 19.9 Å². The average Bonchev–Trinajstić information content (AvgIpc) is 2.74. The van der Waals surface area contributed by atoms with E-state index in [9.17, 15) is 4.79 Å². The maximum atomic E-state index is 12.7. The van der Waals surface area contributed by atoms with Crippen molar-refractivity contribution in [2.45, 2.75) is 38.5 Å². The highest BCUT2D eigenvalue weighted by Gasteiger charge is 2.50. The van der Waals surface area contributed by atoms with E-state index >= 15 is 0 Å². The molecule has 6 rings (SSSR count). The summed E-state index contributed by atoms with van der Waals surface area (Å²) in [6.45, 7) is 7.85. The minimum atomic E-state index is 0.275. The number of para-hydroxylation sites is 1. The number of carbonyl (C=O) groups is 1. The number of hydrogen-bond donors (Lipinski definition) is 3. The zero-order valence-corrected chi connectivity index (χ0v) is 18.3. The highest BCUT2D eigenvalue weighted by molar-refractivity contribution is 5.76. The number of quaternary nitrogens is 2. The maximum Gasteiger partial charge on any atom is 0.275 e. The van der Waals surface area contributed by atoms with Gasteiger partial charge in [0.25, 0.3) is 5.91 Å². The smallest absolute Gasteiger partial charge is 0.275 e. The van der Waals surface area contributed by atoms with Crippen LogP contribution in [0.15, 0.2) is 30.3 Å². The normalized spacial score (nSPS) is 37.1. The van der Waals surface area contributed by atoms with E-state index in [1.807, 2.05) is 30.3 Å². The number of piperazine rings is 1. The number of benzene rings is 1. The van der Waals surface area contributed by atoms with Gasteiger partial charge in [-0.15, -0.1) is 0 Å². The number of nitrogens with one attached hydrogen (secondary N) is 3. The lowest BCUT2D eigenvalue weighted by Gasteiger charge is -2.56. The minimum absolute atomic E-state index is 0.275. The fourth-order valence-electron chi connectivity index (χ4n) is 7.30. The van der Waals surface area contributed by atoms with Gasteiger partial charge in [-0.25, -0.2) is 0 Å². The van der Waals surface area contributed by atoms with E-state index in [1.54, 1.807) is 4.90 Å². The number of amides is 1. The van der Waals surface area contributed by atoms with E-state index in [4.69, 9.17) is 4.74 Å². The third-order valence-corrected chi connectivity index (χ3v) is 8.37. The molecule has 3 N–H and O–H groups in total. The first-order valence-corrected chi connectivity index (χ1v) is 12.3. The van der Waals surface area contributed by atoms with Crippen molar-refractivity contribution >= 4 is 5.91 Å². The molecule has 5 heteroatoms. The third kappa shape index (κ3) is 4.83. The lowest BCUT2D eigenvalue weighted by atomic mass is 9.49. The number of rotatable bonds is 8. The molecule has 0 radical (unpaired) electrons. The molecule has 0 aromatic heterocycles. The van der Waals surface area contributed by atoms with Gasteiger partial charge < -0.3 is 19.9 Å². The zero-order chi connectivity index (χ0) is 20.4. The highest BCUT2D eigenvalue weighted by Crippen LogP contribution is 2.59. The molecule has 0 atom stereocenters. The van der Waals surface area contributed by atoms with E-state index in [0.29, 0.717) is 12.0 Å². The first kappa shape index (κ1) is 20.3. The lowest BCUT2D eigenvalue weighted by molar-refractivity contribution is -1.01. The third-order valence-electron chi connectivity index (χ3n) is 8.37. The molecule has 4 aliphatic carbocycles. The summed E-state index contributed by atoms with van der Waals surface area (Å²) < 4.78 is 5.84. The Balaban J connectivity index is 0.992. The molecule has 1 saturated heterocycles. The molecule has 5 nitrogen and oxygen atoms in total. The summed E-state index contributed by atoms with van der Waals surface area (Å²) in [6.07, 6.45) is 8.54. The van der Waals surface area contributed by atoms with Crippen LogP contribution in [0.3, 0.4) is 0 Å². The molecule has 0 unspecified atom stereocenters. The average molecular weight is 414 g/mol. The SMILES string of the molecule is O=C(C[NH+]1CC[NH+](CCOc2ccccc2)CC1)NCC12CC3CC(CC(C3)C1)C2. The molecule has 1 aromatic carbocycles. The Morgan fingerprint density at radius 1 is 0.933 bits per heavy atom. The molecular formula is C25H39N3O2+2. The van der Waals surface area contributed by atoms with Crippen LogP contribution in [-0.4, -0.2) is 58.3 Å².